The molecular weight excluding hydrogens is 212 g/mol. The van der Waals surface area contributed by atoms with Crippen molar-refractivity contribution >= 4 is 5.69 Å². The minimum Gasteiger partial charge on any atom is -0.368 e. The Morgan fingerprint density at radius 3 is 3.00 bits per heavy atom. The predicted octanol–water partition coefficient (Wildman–Crippen LogP) is 1.55. The molecule has 2 heterocycles. The van der Waals surface area contributed by atoms with E-state index in [1.807, 2.05) is 11.7 Å². The van der Waals surface area contributed by atoms with E-state index in [1.54, 1.807) is 0 Å². The molecule has 1 aromatic heterocycles. The monoisotopic (exact) mass is 236 g/mol. The fraction of sp³-hybridized carbons (Fsp3) is 0.769. The number of nitrogens with zero attached hydrogens (tertiary/aromatic N) is 3. The summed E-state index contributed by atoms with van der Waals surface area (Å²) in [6.45, 7) is 8.95. The molecule has 0 aromatic carbocycles. The second-order valence-corrected chi connectivity index (χ2v) is 5.08. The van der Waals surface area contributed by atoms with E-state index in [0.717, 1.165) is 24.7 Å². The van der Waals surface area contributed by atoms with Crippen molar-refractivity contribution in [3.8, 4) is 0 Å². The van der Waals surface area contributed by atoms with Crippen LogP contribution < -0.4 is 10.2 Å². The maximum Gasteiger partial charge on any atom is 0.0827 e. The van der Waals surface area contributed by atoms with Crippen molar-refractivity contribution < 1.29 is 0 Å². The number of aryl methyl sites for hydroxylation is 2. The molecule has 4 heteroatoms. The summed E-state index contributed by atoms with van der Waals surface area (Å²) in [5.74, 6) is 0.793. The number of nitrogens with one attached hydrogen (secondary N) is 1. The highest BCUT2D eigenvalue weighted by Crippen LogP contribution is 2.25. The largest absolute Gasteiger partial charge is 0.368 e. The van der Waals surface area contributed by atoms with Crippen molar-refractivity contribution in [3.63, 3.8) is 0 Å². The molecule has 0 bridgehead atoms. The first-order valence-corrected chi connectivity index (χ1v) is 6.66. The molecular formula is C13H24N4. The van der Waals surface area contributed by atoms with Gasteiger partial charge in [0.1, 0.15) is 0 Å². The molecule has 1 aliphatic heterocycles. The third-order valence-corrected chi connectivity index (χ3v) is 3.47. The molecule has 0 amide bonds. The van der Waals surface area contributed by atoms with Crippen LogP contribution in [0, 0.1) is 12.8 Å². The van der Waals surface area contributed by atoms with Crippen LogP contribution in [0.15, 0.2) is 6.20 Å². The second-order valence-electron chi connectivity index (χ2n) is 5.08. The van der Waals surface area contributed by atoms with Crippen molar-refractivity contribution in [2.45, 2.75) is 26.7 Å². The quantitative estimate of drug-likeness (QED) is 0.788. The summed E-state index contributed by atoms with van der Waals surface area (Å²) in [6, 6.07) is 0. The van der Waals surface area contributed by atoms with Crippen LogP contribution in [0.5, 0.6) is 0 Å². The minimum absolute atomic E-state index is 0.793. The molecule has 1 atom stereocenters. The van der Waals surface area contributed by atoms with E-state index < -0.39 is 0 Å². The second kappa shape index (κ2) is 5.54. The van der Waals surface area contributed by atoms with Crippen LogP contribution in [0.1, 0.15) is 25.5 Å². The molecule has 17 heavy (non-hydrogen) atoms. The van der Waals surface area contributed by atoms with Crippen LogP contribution in [-0.4, -0.2) is 36.0 Å². The summed E-state index contributed by atoms with van der Waals surface area (Å²) in [5.41, 5.74) is 2.46. The summed E-state index contributed by atoms with van der Waals surface area (Å²) >= 11 is 0. The Kier molecular flexibility index (Phi) is 4.05. The van der Waals surface area contributed by atoms with Gasteiger partial charge in [0, 0.05) is 26.3 Å². The zero-order valence-corrected chi connectivity index (χ0v) is 11.2. The number of rotatable bonds is 5. The molecule has 96 valence electrons. The zero-order valence-electron chi connectivity index (χ0n) is 11.2. The Hall–Kier alpha value is -1.03. The SMILES string of the molecule is CCCNCC1CCN(c2cn(C)nc2C)C1. The lowest BCUT2D eigenvalue weighted by Gasteiger charge is -2.17. The van der Waals surface area contributed by atoms with Gasteiger partial charge in [-0.15, -0.1) is 0 Å². The Labute approximate surface area is 104 Å². The summed E-state index contributed by atoms with van der Waals surface area (Å²) in [4.78, 5) is 2.47. The van der Waals surface area contributed by atoms with Crippen LogP contribution in [0.2, 0.25) is 0 Å². The van der Waals surface area contributed by atoms with Gasteiger partial charge in [-0.1, -0.05) is 6.92 Å². The van der Waals surface area contributed by atoms with Crippen molar-refractivity contribution in [2.24, 2.45) is 13.0 Å². The summed E-state index contributed by atoms with van der Waals surface area (Å²) in [5, 5.41) is 7.94. The van der Waals surface area contributed by atoms with Gasteiger partial charge in [0.15, 0.2) is 0 Å². The summed E-state index contributed by atoms with van der Waals surface area (Å²) < 4.78 is 1.91. The van der Waals surface area contributed by atoms with E-state index in [1.165, 1.54) is 31.6 Å². The molecule has 1 unspecified atom stereocenters. The first-order valence-electron chi connectivity index (χ1n) is 6.66. The molecule has 0 saturated carbocycles. The van der Waals surface area contributed by atoms with E-state index in [9.17, 15) is 0 Å². The van der Waals surface area contributed by atoms with Gasteiger partial charge in [-0.3, -0.25) is 4.68 Å². The van der Waals surface area contributed by atoms with Crippen molar-refractivity contribution in [3.05, 3.63) is 11.9 Å². The van der Waals surface area contributed by atoms with E-state index in [0.29, 0.717) is 0 Å². The average molecular weight is 236 g/mol. The first kappa shape index (κ1) is 12.4. The van der Waals surface area contributed by atoms with Crippen LogP contribution in [0.4, 0.5) is 5.69 Å². The smallest absolute Gasteiger partial charge is 0.0827 e. The van der Waals surface area contributed by atoms with Gasteiger partial charge in [0.05, 0.1) is 11.4 Å². The Morgan fingerprint density at radius 1 is 1.53 bits per heavy atom. The fourth-order valence-electron chi connectivity index (χ4n) is 2.60. The van der Waals surface area contributed by atoms with Crippen LogP contribution in [0.3, 0.4) is 0 Å². The highest BCUT2D eigenvalue weighted by Gasteiger charge is 2.24. The Bertz CT molecular complexity index is 358. The lowest BCUT2D eigenvalue weighted by Crippen LogP contribution is -2.26. The molecule has 1 saturated heterocycles. The number of aromatic nitrogens is 2. The normalized spacial score (nSPS) is 20.2. The first-order chi connectivity index (χ1) is 8.20. The summed E-state index contributed by atoms with van der Waals surface area (Å²) in [6.07, 6.45) is 4.65. The third-order valence-electron chi connectivity index (χ3n) is 3.47. The Morgan fingerprint density at radius 2 is 2.35 bits per heavy atom. The highest BCUT2D eigenvalue weighted by molar-refractivity contribution is 5.49. The molecule has 1 N–H and O–H groups in total. The molecule has 1 fully saturated rings. The molecule has 1 aliphatic rings. The number of hydrogen-bond donors (Lipinski definition) is 1. The van der Waals surface area contributed by atoms with Crippen LogP contribution in [0.25, 0.3) is 0 Å². The van der Waals surface area contributed by atoms with E-state index in [2.05, 4.69) is 35.4 Å². The van der Waals surface area contributed by atoms with Crippen LogP contribution in [-0.2, 0) is 7.05 Å². The third kappa shape index (κ3) is 3.00. The number of hydrogen-bond acceptors (Lipinski definition) is 3. The van der Waals surface area contributed by atoms with E-state index in [-0.39, 0.29) is 0 Å². The van der Waals surface area contributed by atoms with Crippen molar-refractivity contribution in [1.29, 1.82) is 0 Å². The maximum absolute atomic E-state index is 4.42. The van der Waals surface area contributed by atoms with Gasteiger partial charge in [-0.05, 0) is 38.8 Å². The maximum atomic E-state index is 4.42. The van der Waals surface area contributed by atoms with Gasteiger partial charge >= 0.3 is 0 Å². The van der Waals surface area contributed by atoms with Gasteiger partial charge in [0.2, 0.25) is 0 Å². The molecule has 1 aromatic rings. The molecule has 0 aliphatic carbocycles. The van der Waals surface area contributed by atoms with Crippen molar-refractivity contribution in [2.75, 3.05) is 31.1 Å². The van der Waals surface area contributed by atoms with Crippen molar-refractivity contribution in [1.82, 2.24) is 15.1 Å². The highest BCUT2D eigenvalue weighted by atomic mass is 15.3. The fourth-order valence-corrected chi connectivity index (χ4v) is 2.60. The number of anilines is 1. The predicted molar refractivity (Wildman–Crippen MR) is 71.4 cm³/mol. The average Bonchev–Trinajstić information content (AvgIpc) is 2.86. The van der Waals surface area contributed by atoms with Crippen LogP contribution >= 0.6 is 0 Å². The van der Waals surface area contributed by atoms with Gasteiger partial charge in [0.25, 0.3) is 0 Å². The van der Waals surface area contributed by atoms with E-state index >= 15 is 0 Å². The molecule has 2 rings (SSSR count). The van der Waals surface area contributed by atoms with E-state index in [4.69, 9.17) is 0 Å². The standard InChI is InChI=1S/C13H24N4/c1-4-6-14-8-12-5-7-17(9-12)13-10-16(3)15-11(13)2/h10,12,14H,4-9H2,1-3H3. The molecule has 0 radical (unpaired) electrons. The summed E-state index contributed by atoms with van der Waals surface area (Å²) in [7, 11) is 1.99. The lowest BCUT2D eigenvalue weighted by molar-refractivity contribution is 0.516. The lowest BCUT2D eigenvalue weighted by atomic mass is 10.1. The zero-order chi connectivity index (χ0) is 12.3. The molecule has 4 nitrogen and oxygen atoms in total. The minimum atomic E-state index is 0.793. The topological polar surface area (TPSA) is 33.1 Å². The van der Waals surface area contributed by atoms with Gasteiger partial charge in [-0.25, -0.2) is 0 Å². The van der Waals surface area contributed by atoms with Gasteiger partial charge < -0.3 is 10.2 Å². The van der Waals surface area contributed by atoms with Gasteiger partial charge in [-0.2, -0.15) is 5.10 Å². The Balaban J connectivity index is 1.87. The molecule has 0 spiro atoms.